The van der Waals surface area contributed by atoms with Crippen LogP contribution >= 0.6 is 7.81 Å². The third-order valence-electron chi connectivity index (χ3n) is 2.65. The van der Waals surface area contributed by atoms with Crippen molar-refractivity contribution in [2.75, 3.05) is 0 Å². The zero-order valence-electron chi connectivity index (χ0n) is 11.8. The summed E-state index contributed by atoms with van der Waals surface area (Å²) >= 11 is 0. The van der Waals surface area contributed by atoms with Crippen LogP contribution in [0.5, 0.6) is 0 Å². The van der Waals surface area contributed by atoms with Crippen molar-refractivity contribution >= 4 is 7.81 Å². The summed E-state index contributed by atoms with van der Waals surface area (Å²) < 4.78 is 63.7. The zero-order valence-corrected chi connectivity index (χ0v) is 12.7. The molecule has 0 unspecified atom stereocenters. The Morgan fingerprint density at radius 1 is 1.05 bits per heavy atom. The van der Waals surface area contributed by atoms with Gasteiger partial charge >= 0.3 is 33.0 Å². The first-order valence-corrected chi connectivity index (χ1v) is 8.31. The summed E-state index contributed by atoms with van der Waals surface area (Å²) in [6, 6.07) is 0. The SMILES string of the molecule is CCCCCCn1cc[n+](C)c1C.F[P-](F)(F)(F)(F)F. The van der Waals surface area contributed by atoms with E-state index < -0.39 is 7.81 Å². The van der Waals surface area contributed by atoms with Crippen molar-refractivity contribution in [3.8, 4) is 0 Å². The van der Waals surface area contributed by atoms with E-state index in [0.29, 0.717) is 0 Å². The van der Waals surface area contributed by atoms with Gasteiger partial charge in [0.25, 0.3) is 5.82 Å². The van der Waals surface area contributed by atoms with Crippen LogP contribution in [0.25, 0.3) is 0 Å². The molecule has 0 aromatic carbocycles. The molecule has 20 heavy (non-hydrogen) atoms. The standard InChI is InChI=1S/C11H21N2.F6P/c1-4-5-6-7-8-13-10-9-12(3)11(13)2;1-7(2,3,4,5)6/h9-10H,4-8H2,1-3H3;/q+1;-1. The molecule has 0 saturated carbocycles. The molecule has 0 bridgehead atoms. The third kappa shape index (κ3) is 13.6. The van der Waals surface area contributed by atoms with Crippen LogP contribution in [0, 0.1) is 6.92 Å². The molecule has 1 rings (SSSR count). The molecule has 0 spiro atoms. The summed E-state index contributed by atoms with van der Waals surface area (Å²) in [6.07, 6.45) is 9.64. The maximum atomic E-state index is 9.87. The van der Waals surface area contributed by atoms with E-state index in [4.69, 9.17) is 0 Å². The fourth-order valence-electron chi connectivity index (χ4n) is 1.54. The van der Waals surface area contributed by atoms with Gasteiger partial charge in [-0.15, -0.1) is 0 Å². The van der Waals surface area contributed by atoms with E-state index in [0.717, 1.165) is 0 Å². The van der Waals surface area contributed by atoms with Gasteiger partial charge in [0.05, 0.1) is 13.6 Å². The van der Waals surface area contributed by atoms with Gasteiger partial charge in [0.1, 0.15) is 12.4 Å². The van der Waals surface area contributed by atoms with Crippen molar-refractivity contribution in [2.45, 2.75) is 46.1 Å². The molecule has 2 nitrogen and oxygen atoms in total. The Morgan fingerprint density at radius 3 is 1.90 bits per heavy atom. The molecule has 0 N–H and O–H groups in total. The molecule has 1 aromatic heterocycles. The van der Waals surface area contributed by atoms with Crippen LogP contribution in [0.3, 0.4) is 0 Å². The number of nitrogens with zero attached hydrogens (tertiary/aromatic N) is 2. The predicted molar refractivity (Wildman–Crippen MR) is 68.1 cm³/mol. The monoisotopic (exact) mass is 326 g/mol. The second kappa shape index (κ2) is 5.92. The third-order valence-corrected chi connectivity index (χ3v) is 2.65. The van der Waals surface area contributed by atoms with Gasteiger partial charge < -0.3 is 0 Å². The number of hydrogen-bond acceptors (Lipinski definition) is 0. The number of unbranched alkanes of at least 4 members (excludes halogenated alkanes) is 3. The molecule has 122 valence electrons. The average molecular weight is 326 g/mol. The van der Waals surface area contributed by atoms with Gasteiger partial charge in [0.15, 0.2) is 0 Å². The average Bonchev–Trinajstić information content (AvgIpc) is 2.51. The van der Waals surface area contributed by atoms with Gasteiger partial charge in [0, 0.05) is 6.92 Å². The van der Waals surface area contributed by atoms with E-state index >= 15 is 0 Å². The van der Waals surface area contributed by atoms with Gasteiger partial charge in [-0.3, -0.25) is 0 Å². The molecule has 0 radical (unpaired) electrons. The summed E-state index contributed by atoms with van der Waals surface area (Å²) in [7, 11) is -8.56. The molecule has 1 aromatic rings. The Morgan fingerprint density at radius 2 is 1.55 bits per heavy atom. The minimum absolute atomic E-state index is 1.17. The quantitative estimate of drug-likeness (QED) is 0.289. The van der Waals surface area contributed by atoms with E-state index in [1.165, 1.54) is 38.1 Å². The Balaban J connectivity index is 0.000000441. The number of imidazole rings is 1. The molecule has 0 atom stereocenters. The fraction of sp³-hybridized carbons (Fsp3) is 0.727. The first kappa shape index (κ1) is 19.2. The number of rotatable bonds is 5. The van der Waals surface area contributed by atoms with Crippen molar-refractivity contribution in [3.63, 3.8) is 0 Å². The van der Waals surface area contributed by atoms with Crippen molar-refractivity contribution in [1.29, 1.82) is 0 Å². The van der Waals surface area contributed by atoms with E-state index in [2.05, 4.69) is 42.4 Å². The van der Waals surface area contributed by atoms with Gasteiger partial charge in [-0.2, -0.15) is 0 Å². The van der Waals surface area contributed by atoms with Crippen LogP contribution < -0.4 is 4.57 Å². The van der Waals surface area contributed by atoms with Gasteiger partial charge in [-0.05, 0) is 12.8 Å². The van der Waals surface area contributed by atoms with Crippen molar-refractivity contribution in [2.24, 2.45) is 7.05 Å². The molecule has 0 saturated heterocycles. The molecular formula is C11H21F6N2P. The second-order valence-electron chi connectivity index (χ2n) is 4.67. The Hall–Kier alpha value is -0.780. The zero-order chi connectivity index (χ0) is 16.1. The van der Waals surface area contributed by atoms with E-state index in [9.17, 15) is 25.2 Å². The van der Waals surface area contributed by atoms with Gasteiger partial charge in [-0.25, -0.2) is 9.13 Å². The van der Waals surface area contributed by atoms with Crippen LogP contribution in [0.15, 0.2) is 12.4 Å². The van der Waals surface area contributed by atoms with Crippen LogP contribution in [-0.2, 0) is 13.6 Å². The normalized spacial score (nSPS) is 15.1. The molecule has 0 aliphatic carbocycles. The van der Waals surface area contributed by atoms with E-state index in [1.807, 2.05) is 0 Å². The van der Waals surface area contributed by atoms with Crippen LogP contribution in [0.2, 0.25) is 0 Å². The Kier molecular flexibility index (Phi) is 5.69. The molecule has 9 heteroatoms. The number of aromatic nitrogens is 2. The Bertz CT molecular complexity index is 411. The molecule has 0 aliphatic heterocycles. The summed E-state index contributed by atoms with van der Waals surface area (Å²) in [5.41, 5.74) is 0. The van der Waals surface area contributed by atoms with Gasteiger partial charge in [-0.1, -0.05) is 19.8 Å². The van der Waals surface area contributed by atoms with Crippen molar-refractivity contribution < 1.29 is 29.7 Å². The molecule has 1 heterocycles. The summed E-state index contributed by atoms with van der Waals surface area (Å²) in [5.74, 6) is 1.34. The first-order chi connectivity index (χ1) is 8.70. The van der Waals surface area contributed by atoms with E-state index in [-0.39, 0.29) is 0 Å². The maximum absolute atomic E-state index is 10.7. The fourth-order valence-corrected chi connectivity index (χ4v) is 1.54. The van der Waals surface area contributed by atoms with E-state index in [1.54, 1.807) is 0 Å². The number of aryl methyl sites for hydroxylation is 2. The first-order valence-electron chi connectivity index (χ1n) is 6.28. The molecule has 0 fully saturated rings. The van der Waals surface area contributed by atoms with Crippen LogP contribution in [-0.4, -0.2) is 4.57 Å². The summed E-state index contributed by atoms with van der Waals surface area (Å²) in [4.78, 5) is 0. The predicted octanol–water partition coefficient (Wildman–Crippen LogP) is 5.58. The Labute approximate surface area is 114 Å². The van der Waals surface area contributed by atoms with Crippen molar-refractivity contribution in [3.05, 3.63) is 18.2 Å². The molecular weight excluding hydrogens is 305 g/mol. The number of hydrogen-bond donors (Lipinski definition) is 0. The van der Waals surface area contributed by atoms with Gasteiger partial charge in [0.2, 0.25) is 0 Å². The second-order valence-corrected chi connectivity index (χ2v) is 6.59. The van der Waals surface area contributed by atoms with Crippen LogP contribution in [0.4, 0.5) is 25.2 Å². The topological polar surface area (TPSA) is 8.81 Å². The summed E-state index contributed by atoms with van der Waals surface area (Å²) in [6.45, 7) is 5.59. The molecule has 0 aliphatic rings. The van der Waals surface area contributed by atoms with Crippen LogP contribution in [0.1, 0.15) is 38.4 Å². The van der Waals surface area contributed by atoms with Crippen molar-refractivity contribution in [1.82, 2.24) is 4.57 Å². The molecule has 0 amide bonds. The minimum atomic E-state index is -10.7. The summed E-state index contributed by atoms with van der Waals surface area (Å²) in [5, 5.41) is 0. The number of halogens is 6.